The Balaban J connectivity index is 2.00. The number of piperidine rings is 1. The molecule has 1 aliphatic heterocycles. The molecular weight excluding hydrogens is 291 g/mol. The fourth-order valence-electron chi connectivity index (χ4n) is 2.85. The lowest BCUT2D eigenvalue weighted by Gasteiger charge is -2.36. The van der Waals surface area contributed by atoms with Crippen LogP contribution < -0.4 is 5.73 Å². The van der Waals surface area contributed by atoms with E-state index in [9.17, 15) is 22.0 Å². The highest BCUT2D eigenvalue weighted by atomic mass is 19.4. The first kappa shape index (κ1) is 16.2. The predicted molar refractivity (Wildman–Crippen MR) is 68.4 cm³/mol. The van der Waals surface area contributed by atoms with E-state index < -0.39 is 30.1 Å². The van der Waals surface area contributed by atoms with Gasteiger partial charge in [0.2, 0.25) is 0 Å². The molecule has 1 saturated heterocycles. The highest BCUT2D eigenvalue weighted by Crippen LogP contribution is 2.30. The molecule has 0 radical (unpaired) electrons. The number of halogens is 5. The zero-order chi connectivity index (χ0) is 15.6. The third-order valence-corrected chi connectivity index (χ3v) is 3.56. The SMILES string of the molecule is NC1CC(CC(F)(F)F)CN(Cc2ccc(F)c(F)c2)C1. The summed E-state index contributed by atoms with van der Waals surface area (Å²) in [5, 5.41) is 0. The quantitative estimate of drug-likeness (QED) is 0.870. The number of likely N-dealkylation sites (tertiary alicyclic amines) is 1. The first-order valence-electron chi connectivity index (χ1n) is 6.71. The number of rotatable bonds is 3. The molecule has 0 spiro atoms. The van der Waals surface area contributed by atoms with Gasteiger partial charge in [-0.05, 0) is 30.0 Å². The van der Waals surface area contributed by atoms with Crippen LogP contribution in [-0.4, -0.2) is 30.2 Å². The van der Waals surface area contributed by atoms with Gasteiger partial charge < -0.3 is 5.73 Å². The molecule has 2 N–H and O–H groups in total. The Morgan fingerprint density at radius 1 is 1.14 bits per heavy atom. The van der Waals surface area contributed by atoms with Crippen molar-refractivity contribution in [2.45, 2.75) is 31.6 Å². The summed E-state index contributed by atoms with van der Waals surface area (Å²) in [5.41, 5.74) is 6.32. The van der Waals surface area contributed by atoms with E-state index in [4.69, 9.17) is 5.73 Å². The van der Waals surface area contributed by atoms with E-state index in [2.05, 4.69) is 0 Å². The van der Waals surface area contributed by atoms with Crippen LogP contribution in [0.2, 0.25) is 0 Å². The summed E-state index contributed by atoms with van der Waals surface area (Å²) in [6.45, 7) is 0.971. The van der Waals surface area contributed by atoms with E-state index in [1.54, 1.807) is 4.90 Å². The first-order chi connectivity index (χ1) is 9.73. The summed E-state index contributed by atoms with van der Waals surface area (Å²) in [5.74, 6) is -2.45. The molecule has 21 heavy (non-hydrogen) atoms. The van der Waals surface area contributed by atoms with Gasteiger partial charge in [-0.3, -0.25) is 4.90 Å². The molecule has 118 valence electrons. The Morgan fingerprint density at radius 2 is 1.86 bits per heavy atom. The summed E-state index contributed by atoms with van der Waals surface area (Å²) in [6.07, 6.45) is -4.75. The summed E-state index contributed by atoms with van der Waals surface area (Å²) in [6, 6.07) is 3.17. The molecule has 1 heterocycles. The van der Waals surface area contributed by atoms with Crippen LogP contribution in [-0.2, 0) is 6.54 Å². The fourth-order valence-corrected chi connectivity index (χ4v) is 2.85. The molecule has 2 nitrogen and oxygen atoms in total. The first-order valence-corrected chi connectivity index (χ1v) is 6.71. The zero-order valence-corrected chi connectivity index (χ0v) is 11.3. The van der Waals surface area contributed by atoms with Crippen molar-refractivity contribution in [3.63, 3.8) is 0 Å². The summed E-state index contributed by atoms with van der Waals surface area (Å²) in [4.78, 5) is 1.76. The molecule has 0 bridgehead atoms. The highest BCUT2D eigenvalue weighted by Gasteiger charge is 2.35. The van der Waals surface area contributed by atoms with Crippen molar-refractivity contribution in [2.75, 3.05) is 13.1 Å². The number of hydrogen-bond donors (Lipinski definition) is 1. The maximum atomic E-state index is 13.1. The lowest BCUT2D eigenvalue weighted by atomic mass is 9.91. The van der Waals surface area contributed by atoms with Crippen molar-refractivity contribution in [3.05, 3.63) is 35.4 Å². The summed E-state index contributed by atoms with van der Waals surface area (Å²) >= 11 is 0. The van der Waals surface area contributed by atoms with Crippen LogP contribution >= 0.6 is 0 Å². The molecule has 0 amide bonds. The minimum Gasteiger partial charge on any atom is -0.327 e. The zero-order valence-electron chi connectivity index (χ0n) is 11.3. The van der Waals surface area contributed by atoms with Crippen LogP contribution in [0.1, 0.15) is 18.4 Å². The molecule has 0 aromatic heterocycles. The van der Waals surface area contributed by atoms with Crippen molar-refractivity contribution < 1.29 is 22.0 Å². The Hall–Kier alpha value is -1.21. The molecule has 2 unspecified atom stereocenters. The van der Waals surface area contributed by atoms with Gasteiger partial charge in [-0.2, -0.15) is 13.2 Å². The maximum absolute atomic E-state index is 13.1. The molecule has 2 rings (SSSR count). The lowest BCUT2D eigenvalue weighted by molar-refractivity contribution is -0.148. The molecule has 1 fully saturated rings. The van der Waals surface area contributed by atoms with Crippen LogP contribution in [0.5, 0.6) is 0 Å². The predicted octanol–water partition coefficient (Wildman–Crippen LogP) is 3.07. The molecule has 0 aliphatic carbocycles. The minimum atomic E-state index is -4.21. The van der Waals surface area contributed by atoms with Gasteiger partial charge in [0.05, 0.1) is 0 Å². The lowest BCUT2D eigenvalue weighted by Crippen LogP contribution is -2.47. The van der Waals surface area contributed by atoms with Crippen molar-refractivity contribution >= 4 is 0 Å². The normalized spacial score (nSPS) is 24.3. The van der Waals surface area contributed by atoms with E-state index in [1.807, 2.05) is 0 Å². The number of alkyl halides is 3. The van der Waals surface area contributed by atoms with Gasteiger partial charge in [0.15, 0.2) is 11.6 Å². The summed E-state index contributed by atoms with van der Waals surface area (Å²) in [7, 11) is 0. The molecule has 2 atom stereocenters. The number of nitrogens with zero attached hydrogens (tertiary/aromatic N) is 1. The van der Waals surface area contributed by atoms with E-state index in [0.29, 0.717) is 18.5 Å². The molecule has 1 aromatic carbocycles. The largest absolute Gasteiger partial charge is 0.389 e. The highest BCUT2D eigenvalue weighted by molar-refractivity contribution is 5.17. The van der Waals surface area contributed by atoms with Gasteiger partial charge in [0.25, 0.3) is 0 Å². The molecule has 0 saturated carbocycles. The van der Waals surface area contributed by atoms with Gasteiger partial charge in [-0.1, -0.05) is 6.07 Å². The van der Waals surface area contributed by atoms with Crippen molar-refractivity contribution in [1.82, 2.24) is 4.90 Å². The van der Waals surface area contributed by atoms with Crippen LogP contribution in [0, 0.1) is 17.6 Å². The second-order valence-electron chi connectivity index (χ2n) is 5.62. The van der Waals surface area contributed by atoms with E-state index in [0.717, 1.165) is 12.1 Å². The number of nitrogens with two attached hydrogens (primary N) is 1. The minimum absolute atomic E-state index is 0.256. The average Bonchev–Trinajstić information content (AvgIpc) is 2.31. The topological polar surface area (TPSA) is 29.3 Å². The van der Waals surface area contributed by atoms with Crippen LogP contribution in [0.4, 0.5) is 22.0 Å². The second-order valence-corrected chi connectivity index (χ2v) is 5.62. The van der Waals surface area contributed by atoms with Crippen LogP contribution in [0.15, 0.2) is 18.2 Å². The average molecular weight is 308 g/mol. The van der Waals surface area contributed by atoms with E-state index >= 15 is 0 Å². The Bertz CT molecular complexity index is 489. The Morgan fingerprint density at radius 3 is 2.48 bits per heavy atom. The van der Waals surface area contributed by atoms with Gasteiger partial charge in [-0.25, -0.2) is 8.78 Å². The van der Waals surface area contributed by atoms with Gasteiger partial charge >= 0.3 is 6.18 Å². The van der Waals surface area contributed by atoms with Crippen molar-refractivity contribution in [2.24, 2.45) is 11.7 Å². The number of benzene rings is 1. The molecule has 1 aliphatic rings. The van der Waals surface area contributed by atoms with Gasteiger partial charge in [0.1, 0.15) is 0 Å². The standard InChI is InChI=1S/C14H17F5N2/c15-12-2-1-9(4-13(12)16)6-21-7-10(3-11(20)8-21)5-14(17,18)19/h1-2,4,10-11H,3,5-8,20H2. The van der Waals surface area contributed by atoms with Gasteiger partial charge in [0, 0.05) is 32.1 Å². The Kier molecular flexibility index (Phi) is 4.83. The summed E-state index contributed by atoms with van der Waals surface area (Å²) < 4.78 is 63.4. The van der Waals surface area contributed by atoms with Crippen molar-refractivity contribution in [1.29, 1.82) is 0 Å². The molecule has 1 aromatic rings. The number of hydrogen-bond acceptors (Lipinski definition) is 2. The fraction of sp³-hybridized carbons (Fsp3) is 0.571. The Labute approximate surface area is 119 Å². The van der Waals surface area contributed by atoms with E-state index in [1.165, 1.54) is 6.07 Å². The third kappa shape index (κ3) is 4.93. The van der Waals surface area contributed by atoms with Crippen LogP contribution in [0.25, 0.3) is 0 Å². The second kappa shape index (κ2) is 6.27. The molecule has 7 heteroatoms. The van der Waals surface area contributed by atoms with E-state index in [-0.39, 0.29) is 19.1 Å². The third-order valence-electron chi connectivity index (χ3n) is 3.56. The smallest absolute Gasteiger partial charge is 0.327 e. The molecular formula is C14H17F5N2. The van der Waals surface area contributed by atoms with Gasteiger partial charge in [-0.15, -0.1) is 0 Å². The van der Waals surface area contributed by atoms with Crippen molar-refractivity contribution in [3.8, 4) is 0 Å². The monoisotopic (exact) mass is 308 g/mol. The maximum Gasteiger partial charge on any atom is 0.389 e. The van der Waals surface area contributed by atoms with Crippen LogP contribution in [0.3, 0.4) is 0 Å².